The monoisotopic (exact) mass is 274 g/mol. The number of pyridine rings is 1. The zero-order chi connectivity index (χ0) is 14.5. The molecule has 1 aromatic carbocycles. The van der Waals surface area contributed by atoms with Gasteiger partial charge in [0.2, 0.25) is 11.6 Å². The highest BCUT2D eigenvalue weighted by Gasteiger charge is 2.13. The third-order valence-corrected chi connectivity index (χ3v) is 2.87. The Balaban J connectivity index is 2.36. The minimum atomic E-state index is -0.0834. The first-order valence-electron chi connectivity index (χ1n) is 6.26. The van der Waals surface area contributed by atoms with Crippen LogP contribution in [0.5, 0.6) is 23.1 Å². The van der Waals surface area contributed by atoms with Gasteiger partial charge in [-0.1, -0.05) is 6.07 Å². The first-order chi connectivity index (χ1) is 9.65. The van der Waals surface area contributed by atoms with Gasteiger partial charge in [0.15, 0.2) is 11.5 Å². The van der Waals surface area contributed by atoms with E-state index in [-0.39, 0.29) is 6.04 Å². The van der Waals surface area contributed by atoms with Crippen molar-refractivity contribution in [2.75, 3.05) is 14.2 Å². The first kappa shape index (κ1) is 14.1. The highest BCUT2D eigenvalue weighted by molar-refractivity contribution is 5.52. The molecule has 1 aromatic heterocycles. The molecule has 0 aliphatic heterocycles. The minimum absolute atomic E-state index is 0.0834. The van der Waals surface area contributed by atoms with Crippen molar-refractivity contribution in [3.63, 3.8) is 0 Å². The average molecular weight is 274 g/mol. The third kappa shape index (κ3) is 3.00. The van der Waals surface area contributed by atoms with Gasteiger partial charge in [-0.3, -0.25) is 0 Å². The third-order valence-electron chi connectivity index (χ3n) is 2.87. The van der Waals surface area contributed by atoms with E-state index >= 15 is 0 Å². The molecule has 106 valence electrons. The molecule has 2 aromatic rings. The molecule has 0 fully saturated rings. The van der Waals surface area contributed by atoms with Crippen molar-refractivity contribution in [3.05, 3.63) is 42.1 Å². The van der Waals surface area contributed by atoms with Crippen LogP contribution in [0.4, 0.5) is 0 Å². The van der Waals surface area contributed by atoms with Crippen LogP contribution in [0.25, 0.3) is 0 Å². The molecule has 2 N–H and O–H groups in total. The number of hydrogen-bond acceptors (Lipinski definition) is 5. The van der Waals surface area contributed by atoms with Gasteiger partial charge in [0.1, 0.15) is 0 Å². The lowest BCUT2D eigenvalue weighted by atomic mass is 10.1. The molecule has 2 rings (SSSR count). The van der Waals surface area contributed by atoms with Crippen molar-refractivity contribution in [2.24, 2.45) is 5.73 Å². The topological polar surface area (TPSA) is 66.6 Å². The zero-order valence-corrected chi connectivity index (χ0v) is 11.8. The van der Waals surface area contributed by atoms with Gasteiger partial charge in [-0.05, 0) is 30.7 Å². The second kappa shape index (κ2) is 6.25. The molecular weight excluding hydrogens is 256 g/mol. The van der Waals surface area contributed by atoms with E-state index in [1.165, 1.54) is 0 Å². The van der Waals surface area contributed by atoms with Gasteiger partial charge >= 0.3 is 0 Å². The van der Waals surface area contributed by atoms with Crippen molar-refractivity contribution in [1.29, 1.82) is 0 Å². The van der Waals surface area contributed by atoms with Crippen LogP contribution in [0.3, 0.4) is 0 Å². The Morgan fingerprint density at radius 1 is 1.10 bits per heavy atom. The van der Waals surface area contributed by atoms with Gasteiger partial charge in [-0.25, -0.2) is 4.98 Å². The summed E-state index contributed by atoms with van der Waals surface area (Å²) in [6.45, 7) is 1.91. The van der Waals surface area contributed by atoms with Crippen molar-refractivity contribution in [2.45, 2.75) is 13.0 Å². The van der Waals surface area contributed by atoms with E-state index in [0.717, 1.165) is 5.56 Å². The molecular formula is C15H18N2O3. The maximum atomic E-state index is 5.86. The number of aromatic nitrogens is 1. The lowest BCUT2D eigenvalue weighted by Crippen LogP contribution is -2.05. The normalized spacial score (nSPS) is 11.8. The van der Waals surface area contributed by atoms with Crippen LogP contribution in [0.15, 0.2) is 36.5 Å². The summed E-state index contributed by atoms with van der Waals surface area (Å²) in [7, 11) is 3.15. The quantitative estimate of drug-likeness (QED) is 0.908. The van der Waals surface area contributed by atoms with Gasteiger partial charge in [0, 0.05) is 18.3 Å². The first-order valence-corrected chi connectivity index (χ1v) is 6.26. The molecule has 0 spiro atoms. The van der Waals surface area contributed by atoms with Crippen LogP contribution >= 0.6 is 0 Å². The molecule has 0 saturated heterocycles. The Morgan fingerprint density at radius 3 is 2.30 bits per heavy atom. The SMILES string of the molecule is COc1cccc(OC)c1Oc1cc([C@H](C)N)ccn1. The van der Waals surface area contributed by atoms with Gasteiger partial charge < -0.3 is 19.9 Å². The predicted molar refractivity (Wildman–Crippen MR) is 76.5 cm³/mol. The van der Waals surface area contributed by atoms with Crippen LogP contribution in [-0.4, -0.2) is 19.2 Å². The fourth-order valence-electron chi connectivity index (χ4n) is 1.79. The summed E-state index contributed by atoms with van der Waals surface area (Å²) < 4.78 is 16.4. The maximum Gasteiger partial charge on any atom is 0.219 e. The van der Waals surface area contributed by atoms with Gasteiger partial charge in [-0.2, -0.15) is 0 Å². The number of para-hydroxylation sites is 1. The number of methoxy groups -OCH3 is 2. The molecule has 0 bridgehead atoms. The van der Waals surface area contributed by atoms with E-state index in [0.29, 0.717) is 23.1 Å². The Kier molecular flexibility index (Phi) is 4.42. The molecule has 0 saturated carbocycles. The van der Waals surface area contributed by atoms with E-state index in [1.54, 1.807) is 38.6 Å². The van der Waals surface area contributed by atoms with Gasteiger partial charge in [-0.15, -0.1) is 0 Å². The van der Waals surface area contributed by atoms with E-state index in [1.807, 2.05) is 19.1 Å². The lowest BCUT2D eigenvalue weighted by Gasteiger charge is -2.14. The number of nitrogens with two attached hydrogens (primary N) is 1. The summed E-state index contributed by atoms with van der Waals surface area (Å²) in [5.74, 6) is 2.10. The van der Waals surface area contributed by atoms with Crippen molar-refractivity contribution in [3.8, 4) is 23.1 Å². The van der Waals surface area contributed by atoms with Crippen LogP contribution in [-0.2, 0) is 0 Å². The van der Waals surface area contributed by atoms with Gasteiger partial charge in [0.25, 0.3) is 0 Å². The second-order valence-corrected chi connectivity index (χ2v) is 4.31. The summed E-state index contributed by atoms with van der Waals surface area (Å²) in [5.41, 5.74) is 6.80. The zero-order valence-electron chi connectivity index (χ0n) is 11.8. The summed E-state index contributed by atoms with van der Waals surface area (Å²) in [6, 6.07) is 9.00. The summed E-state index contributed by atoms with van der Waals surface area (Å²) in [5, 5.41) is 0. The largest absolute Gasteiger partial charge is 0.493 e. The highest BCUT2D eigenvalue weighted by atomic mass is 16.5. The lowest BCUT2D eigenvalue weighted by molar-refractivity contribution is 0.342. The Morgan fingerprint density at radius 2 is 1.75 bits per heavy atom. The number of ether oxygens (including phenoxy) is 3. The van der Waals surface area contributed by atoms with Crippen LogP contribution < -0.4 is 19.9 Å². The number of benzene rings is 1. The molecule has 0 aliphatic rings. The van der Waals surface area contributed by atoms with E-state index in [9.17, 15) is 0 Å². The molecule has 0 radical (unpaired) electrons. The van der Waals surface area contributed by atoms with Crippen molar-refractivity contribution >= 4 is 0 Å². The highest BCUT2D eigenvalue weighted by Crippen LogP contribution is 2.39. The van der Waals surface area contributed by atoms with E-state index < -0.39 is 0 Å². The molecule has 0 unspecified atom stereocenters. The Labute approximate surface area is 118 Å². The van der Waals surface area contributed by atoms with Crippen LogP contribution in [0, 0.1) is 0 Å². The smallest absolute Gasteiger partial charge is 0.219 e. The van der Waals surface area contributed by atoms with Crippen molar-refractivity contribution < 1.29 is 14.2 Å². The van der Waals surface area contributed by atoms with Crippen LogP contribution in [0.1, 0.15) is 18.5 Å². The molecule has 5 nitrogen and oxygen atoms in total. The fourth-order valence-corrected chi connectivity index (χ4v) is 1.79. The number of rotatable bonds is 5. The van der Waals surface area contributed by atoms with E-state index in [4.69, 9.17) is 19.9 Å². The van der Waals surface area contributed by atoms with E-state index in [2.05, 4.69) is 4.98 Å². The van der Waals surface area contributed by atoms with Crippen LogP contribution in [0.2, 0.25) is 0 Å². The summed E-state index contributed by atoms with van der Waals surface area (Å²) >= 11 is 0. The number of nitrogens with zero attached hydrogens (tertiary/aromatic N) is 1. The minimum Gasteiger partial charge on any atom is -0.493 e. The molecule has 1 atom stereocenters. The fraction of sp³-hybridized carbons (Fsp3) is 0.267. The molecule has 5 heteroatoms. The van der Waals surface area contributed by atoms with Gasteiger partial charge in [0.05, 0.1) is 14.2 Å². The maximum absolute atomic E-state index is 5.86. The Hall–Kier alpha value is -2.27. The summed E-state index contributed by atoms with van der Waals surface area (Å²) in [4.78, 5) is 4.18. The van der Waals surface area contributed by atoms with Crippen molar-refractivity contribution in [1.82, 2.24) is 4.98 Å². The molecule has 0 amide bonds. The average Bonchev–Trinajstić information content (AvgIpc) is 2.47. The number of hydrogen-bond donors (Lipinski definition) is 1. The second-order valence-electron chi connectivity index (χ2n) is 4.31. The standard InChI is InChI=1S/C15H18N2O3/c1-10(16)11-7-8-17-14(9-11)20-15-12(18-2)5-4-6-13(15)19-3/h4-10H,16H2,1-3H3/t10-/m0/s1. The molecule has 20 heavy (non-hydrogen) atoms. The summed E-state index contributed by atoms with van der Waals surface area (Å²) in [6.07, 6.45) is 1.66. The predicted octanol–water partition coefficient (Wildman–Crippen LogP) is 2.91. The Bertz CT molecular complexity index is 563. The molecule has 0 aliphatic carbocycles. The molecule has 1 heterocycles.